The van der Waals surface area contributed by atoms with Crippen molar-refractivity contribution in [2.24, 2.45) is 0 Å². The van der Waals surface area contributed by atoms with Crippen LogP contribution >= 0.6 is 0 Å². The van der Waals surface area contributed by atoms with Gasteiger partial charge in [-0.15, -0.1) is 0 Å². The van der Waals surface area contributed by atoms with Crippen LogP contribution in [0.5, 0.6) is 0 Å². The lowest BCUT2D eigenvalue weighted by molar-refractivity contribution is 0.185. The zero-order chi connectivity index (χ0) is 15.0. The Hall–Kier alpha value is -1.93. The molecule has 2 heterocycles. The van der Waals surface area contributed by atoms with Crippen LogP contribution in [-0.4, -0.2) is 36.4 Å². The van der Waals surface area contributed by atoms with Crippen molar-refractivity contribution in [3.8, 4) is 11.4 Å². The fourth-order valence-corrected chi connectivity index (χ4v) is 2.27. The summed E-state index contributed by atoms with van der Waals surface area (Å²) in [5.41, 5.74) is 0.0151. The molecule has 112 valence electrons. The van der Waals surface area contributed by atoms with E-state index in [0.29, 0.717) is 19.1 Å². The van der Waals surface area contributed by atoms with Crippen molar-refractivity contribution >= 4 is 0 Å². The molecular formula is C13H12F3N3O2. The van der Waals surface area contributed by atoms with Gasteiger partial charge >= 0.3 is 0 Å². The molecule has 0 saturated carbocycles. The Kier molecular flexibility index (Phi) is 3.64. The van der Waals surface area contributed by atoms with Crippen LogP contribution in [0.3, 0.4) is 0 Å². The minimum Gasteiger partial charge on any atom is -0.379 e. The number of ether oxygens (including phenoxy) is 1. The summed E-state index contributed by atoms with van der Waals surface area (Å²) in [4.78, 5) is 4.12. The maximum Gasteiger partial charge on any atom is 0.234 e. The predicted molar refractivity (Wildman–Crippen MR) is 66.0 cm³/mol. The van der Waals surface area contributed by atoms with E-state index >= 15 is 0 Å². The van der Waals surface area contributed by atoms with Crippen molar-refractivity contribution < 1.29 is 22.4 Å². The third-order valence-electron chi connectivity index (χ3n) is 3.45. The van der Waals surface area contributed by atoms with Crippen LogP contribution in [0.1, 0.15) is 11.8 Å². The van der Waals surface area contributed by atoms with Gasteiger partial charge in [0, 0.05) is 11.6 Å². The van der Waals surface area contributed by atoms with Gasteiger partial charge in [-0.05, 0) is 19.2 Å². The molecule has 1 aromatic heterocycles. The van der Waals surface area contributed by atoms with E-state index in [-0.39, 0.29) is 23.3 Å². The highest BCUT2D eigenvalue weighted by atomic mass is 19.2. The molecular weight excluding hydrogens is 287 g/mol. The summed E-state index contributed by atoms with van der Waals surface area (Å²) in [6.07, 6.45) is 0. The summed E-state index contributed by atoms with van der Waals surface area (Å²) < 4.78 is 49.8. The van der Waals surface area contributed by atoms with Crippen LogP contribution in [0.4, 0.5) is 13.2 Å². The molecule has 0 radical (unpaired) electrons. The molecule has 8 heteroatoms. The Balaban J connectivity index is 1.91. The van der Waals surface area contributed by atoms with E-state index < -0.39 is 17.5 Å². The van der Waals surface area contributed by atoms with Gasteiger partial charge in [0.05, 0.1) is 19.1 Å². The predicted octanol–water partition coefficient (Wildman–Crippen LogP) is 1.86. The molecule has 5 nitrogen and oxygen atoms in total. The van der Waals surface area contributed by atoms with Gasteiger partial charge in [-0.2, -0.15) is 4.98 Å². The van der Waals surface area contributed by atoms with E-state index in [0.717, 1.165) is 12.1 Å². The fourth-order valence-electron chi connectivity index (χ4n) is 2.27. The van der Waals surface area contributed by atoms with Crippen LogP contribution < -0.4 is 5.32 Å². The summed E-state index contributed by atoms with van der Waals surface area (Å²) >= 11 is 0. The number of halogens is 3. The number of benzene rings is 1. The number of nitrogens with one attached hydrogen (secondary N) is 1. The van der Waals surface area contributed by atoms with Crippen molar-refractivity contribution in [3.63, 3.8) is 0 Å². The van der Waals surface area contributed by atoms with E-state index in [9.17, 15) is 13.2 Å². The first-order chi connectivity index (χ1) is 10.1. The van der Waals surface area contributed by atoms with Crippen molar-refractivity contribution in [2.75, 3.05) is 20.3 Å². The largest absolute Gasteiger partial charge is 0.379 e. The third kappa shape index (κ3) is 2.52. The Morgan fingerprint density at radius 3 is 2.57 bits per heavy atom. The third-order valence-corrected chi connectivity index (χ3v) is 3.45. The Labute approximate surface area is 118 Å². The van der Waals surface area contributed by atoms with Crippen LogP contribution in [0, 0.1) is 17.5 Å². The standard InChI is InChI=1S/C13H12F3N3O2/c1-17-10-5-20-4-7(10)13-18-12(19-21-13)6-2-8(14)11(16)9(15)3-6/h2-3,7,10,17H,4-5H2,1H3. The van der Waals surface area contributed by atoms with Crippen LogP contribution in [0.15, 0.2) is 16.7 Å². The summed E-state index contributed by atoms with van der Waals surface area (Å²) in [5, 5.41) is 6.75. The van der Waals surface area contributed by atoms with Crippen molar-refractivity contribution in [1.82, 2.24) is 15.5 Å². The zero-order valence-electron chi connectivity index (χ0n) is 11.1. The van der Waals surface area contributed by atoms with Gasteiger partial charge in [0.2, 0.25) is 11.7 Å². The zero-order valence-corrected chi connectivity index (χ0v) is 11.1. The normalized spacial score (nSPS) is 21.9. The average Bonchev–Trinajstić information content (AvgIpc) is 3.11. The van der Waals surface area contributed by atoms with Crippen LogP contribution in [0.25, 0.3) is 11.4 Å². The minimum atomic E-state index is -1.53. The van der Waals surface area contributed by atoms with E-state index in [1.807, 2.05) is 0 Å². The van der Waals surface area contributed by atoms with Crippen molar-refractivity contribution in [2.45, 2.75) is 12.0 Å². The molecule has 0 spiro atoms. The van der Waals surface area contributed by atoms with E-state index in [1.165, 1.54) is 0 Å². The second-order valence-electron chi connectivity index (χ2n) is 4.75. The first-order valence-corrected chi connectivity index (χ1v) is 6.33. The Morgan fingerprint density at radius 1 is 1.19 bits per heavy atom. The maximum absolute atomic E-state index is 13.2. The number of hydrogen-bond acceptors (Lipinski definition) is 5. The molecule has 0 amide bonds. The van der Waals surface area contributed by atoms with Gasteiger partial charge in [0.1, 0.15) is 0 Å². The smallest absolute Gasteiger partial charge is 0.234 e. The SMILES string of the molecule is CNC1COCC1c1nc(-c2cc(F)c(F)c(F)c2)no1. The van der Waals surface area contributed by atoms with Crippen LogP contribution in [0.2, 0.25) is 0 Å². The maximum atomic E-state index is 13.2. The highest BCUT2D eigenvalue weighted by Crippen LogP contribution is 2.27. The lowest BCUT2D eigenvalue weighted by Gasteiger charge is -2.11. The quantitative estimate of drug-likeness (QED) is 0.877. The Morgan fingerprint density at radius 2 is 1.90 bits per heavy atom. The van der Waals surface area contributed by atoms with Crippen LogP contribution in [-0.2, 0) is 4.74 Å². The van der Waals surface area contributed by atoms with Crippen molar-refractivity contribution in [1.29, 1.82) is 0 Å². The second-order valence-corrected chi connectivity index (χ2v) is 4.75. The van der Waals surface area contributed by atoms with Crippen molar-refractivity contribution in [3.05, 3.63) is 35.5 Å². The molecule has 1 saturated heterocycles. The van der Waals surface area contributed by atoms with E-state index in [4.69, 9.17) is 9.26 Å². The minimum absolute atomic E-state index is 0.00422. The number of hydrogen-bond donors (Lipinski definition) is 1. The fraction of sp³-hybridized carbons (Fsp3) is 0.385. The molecule has 0 aliphatic carbocycles. The highest BCUT2D eigenvalue weighted by molar-refractivity contribution is 5.54. The molecule has 1 aliphatic rings. The summed E-state index contributed by atoms with van der Waals surface area (Å²) in [7, 11) is 1.79. The summed E-state index contributed by atoms with van der Waals surface area (Å²) in [5.74, 6) is -3.94. The molecule has 1 fully saturated rings. The number of aromatic nitrogens is 2. The monoisotopic (exact) mass is 299 g/mol. The molecule has 21 heavy (non-hydrogen) atoms. The summed E-state index contributed by atoms with van der Waals surface area (Å²) in [6.45, 7) is 0.929. The summed E-state index contributed by atoms with van der Waals surface area (Å²) in [6, 6.07) is 1.68. The van der Waals surface area contributed by atoms with Gasteiger partial charge in [-0.3, -0.25) is 0 Å². The number of rotatable bonds is 3. The van der Waals surface area contributed by atoms with E-state index in [1.54, 1.807) is 7.05 Å². The molecule has 2 atom stereocenters. The highest BCUT2D eigenvalue weighted by Gasteiger charge is 2.33. The van der Waals surface area contributed by atoms with Gasteiger partial charge in [0.15, 0.2) is 17.5 Å². The second kappa shape index (κ2) is 5.45. The van der Waals surface area contributed by atoms with Gasteiger partial charge in [-0.25, -0.2) is 13.2 Å². The molecule has 3 rings (SSSR count). The van der Waals surface area contributed by atoms with Gasteiger partial charge < -0.3 is 14.6 Å². The number of likely N-dealkylation sites (N-methyl/N-ethyl adjacent to an activating group) is 1. The van der Waals surface area contributed by atoms with Gasteiger partial charge in [0.25, 0.3) is 0 Å². The first kappa shape index (κ1) is 14.0. The van der Waals surface area contributed by atoms with E-state index in [2.05, 4.69) is 15.5 Å². The van der Waals surface area contributed by atoms with Gasteiger partial charge in [-0.1, -0.05) is 5.16 Å². The Bertz CT molecular complexity index is 639. The lowest BCUT2D eigenvalue weighted by Crippen LogP contribution is -2.31. The molecule has 0 bridgehead atoms. The number of nitrogens with zero attached hydrogens (tertiary/aromatic N) is 2. The molecule has 1 aromatic carbocycles. The molecule has 2 unspecified atom stereocenters. The molecule has 2 aromatic rings. The lowest BCUT2D eigenvalue weighted by atomic mass is 10.0. The topological polar surface area (TPSA) is 60.2 Å². The first-order valence-electron chi connectivity index (χ1n) is 6.33. The molecule has 1 aliphatic heterocycles. The average molecular weight is 299 g/mol. The molecule has 1 N–H and O–H groups in total.